The zero-order valence-electron chi connectivity index (χ0n) is 16.1. The first-order valence-corrected chi connectivity index (χ1v) is 9.72. The Morgan fingerprint density at radius 2 is 1.88 bits per heavy atom. The van der Waals surface area contributed by atoms with Crippen molar-refractivity contribution in [2.75, 3.05) is 32.7 Å². The number of hydrogen-bond acceptors (Lipinski definition) is 3. The van der Waals surface area contributed by atoms with E-state index in [0.29, 0.717) is 19.5 Å². The Kier molecular flexibility index (Phi) is 8.41. The highest BCUT2D eigenvalue weighted by atomic mass is 16.2. The normalized spacial score (nSPS) is 14.1. The van der Waals surface area contributed by atoms with E-state index >= 15 is 0 Å². The van der Waals surface area contributed by atoms with Crippen molar-refractivity contribution in [3.63, 3.8) is 0 Å². The molecule has 0 radical (unpaired) electrons. The summed E-state index contributed by atoms with van der Waals surface area (Å²) in [7, 11) is 0. The number of carbonyl (C=O) groups is 2. The second-order valence-corrected chi connectivity index (χ2v) is 6.68. The minimum Gasteiger partial charge on any atom is -0.343 e. The lowest BCUT2D eigenvalue weighted by atomic mass is 10.1. The van der Waals surface area contributed by atoms with Crippen molar-refractivity contribution in [2.45, 2.75) is 46.2 Å². The Labute approximate surface area is 156 Å². The van der Waals surface area contributed by atoms with Gasteiger partial charge in [0.15, 0.2) is 0 Å². The number of benzene rings is 1. The number of nitrogens with zero attached hydrogens (tertiary/aromatic N) is 2. The first kappa shape index (κ1) is 20.2. The van der Waals surface area contributed by atoms with Gasteiger partial charge >= 0.3 is 6.03 Å². The summed E-state index contributed by atoms with van der Waals surface area (Å²) in [6.07, 6.45) is 2.41. The molecule has 0 atom stereocenters. The molecule has 2 rings (SSSR count). The smallest absolute Gasteiger partial charge is 0.315 e. The summed E-state index contributed by atoms with van der Waals surface area (Å²) in [4.78, 5) is 27.8. The maximum atomic E-state index is 12.0. The molecule has 3 amide bonds. The van der Waals surface area contributed by atoms with Crippen molar-refractivity contribution >= 4 is 11.9 Å². The topological polar surface area (TPSA) is 64.7 Å². The summed E-state index contributed by atoms with van der Waals surface area (Å²) in [6.45, 7) is 9.93. The number of carbonyl (C=O) groups excluding carboxylic acids is 2. The third-order valence-corrected chi connectivity index (χ3v) is 4.91. The lowest BCUT2D eigenvalue weighted by Gasteiger charge is -2.20. The summed E-state index contributed by atoms with van der Waals surface area (Å²) < 4.78 is 0. The van der Waals surface area contributed by atoms with Crippen LogP contribution in [0.2, 0.25) is 0 Å². The maximum Gasteiger partial charge on any atom is 0.315 e. The van der Waals surface area contributed by atoms with Crippen LogP contribution in [-0.4, -0.2) is 54.5 Å². The molecule has 1 fully saturated rings. The maximum absolute atomic E-state index is 12.0. The zero-order valence-corrected chi connectivity index (χ0v) is 16.1. The van der Waals surface area contributed by atoms with E-state index in [-0.39, 0.29) is 11.9 Å². The van der Waals surface area contributed by atoms with Gasteiger partial charge in [-0.25, -0.2) is 4.79 Å². The Bertz CT molecular complexity index is 587. The van der Waals surface area contributed by atoms with Gasteiger partial charge in [0, 0.05) is 39.1 Å². The van der Waals surface area contributed by atoms with E-state index in [4.69, 9.17) is 0 Å². The van der Waals surface area contributed by atoms with Crippen LogP contribution in [0.4, 0.5) is 4.79 Å². The summed E-state index contributed by atoms with van der Waals surface area (Å²) in [5, 5.41) is 5.81. The number of amides is 3. The molecule has 0 bridgehead atoms. The molecule has 1 heterocycles. The van der Waals surface area contributed by atoms with Crippen molar-refractivity contribution in [3.05, 3.63) is 35.4 Å². The van der Waals surface area contributed by atoms with Gasteiger partial charge in [0.25, 0.3) is 0 Å². The molecule has 6 nitrogen and oxygen atoms in total. The minimum atomic E-state index is -0.157. The van der Waals surface area contributed by atoms with Crippen LogP contribution < -0.4 is 10.6 Å². The molecule has 26 heavy (non-hydrogen) atoms. The molecule has 1 aromatic carbocycles. The molecule has 0 aliphatic carbocycles. The number of likely N-dealkylation sites (tertiary alicyclic amines) is 1. The van der Waals surface area contributed by atoms with E-state index in [9.17, 15) is 9.59 Å². The molecule has 0 spiro atoms. The van der Waals surface area contributed by atoms with Gasteiger partial charge in [0.2, 0.25) is 5.91 Å². The van der Waals surface area contributed by atoms with Gasteiger partial charge in [-0.2, -0.15) is 0 Å². The largest absolute Gasteiger partial charge is 0.343 e. The van der Waals surface area contributed by atoms with Crippen molar-refractivity contribution < 1.29 is 9.59 Å². The molecule has 1 aliphatic rings. The fourth-order valence-electron chi connectivity index (χ4n) is 3.22. The second-order valence-electron chi connectivity index (χ2n) is 6.68. The van der Waals surface area contributed by atoms with Crippen LogP contribution in [0, 0.1) is 0 Å². The van der Waals surface area contributed by atoms with E-state index in [2.05, 4.69) is 41.5 Å². The summed E-state index contributed by atoms with van der Waals surface area (Å²) >= 11 is 0. The first-order chi connectivity index (χ1) is 12.6. The summed E-state index contributed by atoms with van der Waals surface area (Å²) in [5.74, 6) is 0.235. The van der Waals surface area contributed by atoms with Gasteiger partial charge in [-0.1, -0.05) is 38.1 Å². The summed E-state index contributed by atoms with van der Waals surface area (Å²) in [6, 6.07) is 8.09. The van der Waals surface area contributed by atoms with Gasteiger partial charge in [-0.05, 0) is 37.1 Å². The second kappa shape index (κ2) is 10.8. The lowest BCUT2D eigenvalue weighted by molar-refractivity contribution is -0.127. The van der Waals surface area contributed by atoms with E-state index in [1.165, 1.54) is 5.56 Å². The molecule has 1 aliphatic heterocycles. The van der Waals surface area contributed by atoms with E-state index < -0.39 is 0 Å². The molecule has 0 saturated carbocycles. The molecule has 6 heteroatoms. The number of rotatable bonds is 10. The minimum absolute atomic E-state index is 0.157. The van der Waals surface area contributed by atoms with Crippen molar-refractivity contribution in [3.8, 4) is 0 Å². The molecule has 0 aromatic heterocycles. The predicted octanol–water partition coefficient (Wildman–Crippen LogP) is 2.34. The van der Waals surface area contributed by atoms with Crippen LogP contribution in [0.15, 0.2) is 24.3 Å². The van der Waals surface area contributed by atoms with Crippen LogP contribution in [0.1, 0.15) is 44.2 Å². The van der Waals surface area contributed by atoms with Crippen LogP contribution in [0.3, 0.4) is 0 Å². The van der Waals surface area contributed by atoms with Crippen LogP contribution in [-0.2, 0) is 17.9 Å². The highest BCUT2D eigenvalue weighted by molar-refractivity contribution is 5.78. The first-order valence-electron chi connectivity index (χ1n) is 9.72. The number of nitrogens with one attached hydrogen (secondary N) is 2. The van der Waals surface area contributed by atoms with Gasteiger partial charge in [0.1, 0.15) is 0 Å². The fraction of sp³-hybridized carbons (Fsp3) is 0.600. The van der Waals surface area contributed by atoms with E-state index in [0.717, 1.165) is 51.1 Å². The van der Waals surface area contributed by atoms with Gasteiger partial charge < -0.3 is 15.5 Å². The monoisotopic (exact) mass is 360 g/mol. The molecular formula is C20H32N4O2. The van der Waals surface area contributed by atoms with Gasteiger partial charge in [-0.15, -0.1) is 0 Å². The van der Waals surface area contributed by atoms with Gasteiger partial charge in [-0.3, -0.25) is 9.69 Å². The van der Waals surface area contributed by atoms with Crippen LogP contribution in [0.5, 0.6) is 0 Å². The predicted molar refractivity (Wildman–Crippen MR) is 104 cm³/mol. The highest BCUT2D eigenvalue weighted by Gasteiger charge is 2.19. The van der Waals surface area contributed by atoms with Gasteiger partial charge in [0.05, 0.1) is 0 Å². The average Bonchev–Trinajstić information content (AvgIpc) is 3.07. The van der Waals surface area contributed by atoms with Crippen molar-refractivity contribution in [2.24, 2.45) is 0 Å². The molecule has 1 saturated heterocycles. The SMILES string of the molecule is CCN(CC)Cc1ccccc1CNC(=O)NCCCN1CCCC1=O. The Balaban J connectivity index is 1.70. The molecule has 1 aromatic rings. The fourth-order valence-corrected chi connectivity index (χ4v) is 3.22. The third kappa shape index (κ3) is 6.33. The quantitative estimate of drug-likeness (QED) is 0.630. The standard InChI is InChI=1S/C20H32N4O2/c1-3-23(4-2)16-18-10-6-5-9-17(18)15-22-20(26)21-12-8-14-24-13-7-11-19(24)25/h5-6,9-10H,3-4,7-8,11-16H2,1-2H3,(H2,21,22,26). The molecule has 144 valence electrons. The highest BCUT2D eigenvalue weighted by Crippen LogP contribution is 2.12. The van der Waals surface area contributed by atoms with E-state index in [1.807, 2.05) is 17.0 Å². The lowest BCUT2D eigenvalue weighted by Crippen LogP contribution is -2.37. The van der Waals surface area contributed by atoms with Crippen molar-refractivity contribution in [1.82, 2.24) is 20.4 Å². The van der Waals surface area contributed by atoms with E-state index in [1.54, 1.807) is 0 Å². The van der Waals surface area contributed by atoms with Crippen molar-refractivity contribution in [1.29, 1.82) is 0 Å². The Hall–Kier alpha value is -2.08. The Morgan fingerprint density at radius 3 is 2.54 bits per heavy atom. The molecule has 0 unspecified atom stereocenters. The molecular weight excluding hydrogens is 328 g/mol. The van der Waals surface area contributed by atoms with Crippen LogP contribution >= 0.6 is 0 Å². The zero-order chi connectivity index (χ0) is 18.8. The Morgan fingerprint density at radius 1 is 1.15 bits per heavy atom. The molecule has 2 N–H and O–H groups in total. The van der Waals surface area contributed by atoms with Crippen LogP contribution in [0.25, 0.3) is 0 Å². The number of urea groups is 1. The third-order valence-electron chi connectivity index (χ3n) is 4.91. The number of hydrogen-bond donors (Lipinski definition) is 2. The summed E-state index contributed by atoms with van der Waals surface area (Å²) in [5.41, 5.74) is 2.40. The average molecular weight is 361 g/mol.